The zero-order valence-corrected chi connectivity index (χ0v) is 8.63. The standard InChI is InChI=1S/C8H12BrNO2/c1-10-3-2-6(5-10)8(12)7(11)4-9/h6H,2-5H2,1H3. The third-order valence-corrected chi connectivity index (χ3v) is 2.67. The van der Waals surface area contributed by atoms with Crippen molar-refractivity contribution >= 4 is 27.5 Å². The molecule has 0 aromatic carbocycles. The Bertz CT molecular complexity index is 205. The molecule has 0 aromatic rings. The van der Waals surface area contributed by atoms with Crippen LogP contribution in [0.4, 0.5) is 0 Å². The Morgan fingerprint density at radius 3 is 2.67 bits per heavy atom. The first-order valence-corrected chi connectivity index (χ1v) is 5.09. The molecule has 1 atom stereocenters. The van der Waals surface area contributed by atoms with Gasteiger partial charge in [-0.25, -0.2) is 0 Å². The molecule has 1 rings (SSSR count). The third kappa shape index (κ3) is 2.14. The summed E-state index contributed by atoms with van der Waals surface area (Å²) in [6.07, 6.45) is 0.827. The monoisotopic (exact) mass is 233 g/mol. The Morgan fingerprint density at radius 1 is 1.58 bits per heavy atom. The molecule has 0 aliphatic carbocycles. The molecule has 3 nitrogen and oxygen atoms in total. The highest BCUT2D eigenvalue weighted by Gasteiger charge is 2.29. The molecule has 1 aliphatic heterocycles. The van der Waals surface area contributed by atoms with Crippen LogP contribution in [0, 0.1) is 5.92 Å². The minimum atomic E-state index is -0.296. The first kappa shape index (κ1) is 9.86. The molecule has 1 heterocycles. The maximum absolute atomic E-state index is 11.3. The Hall–Kier alpha value is -0.220. The number of rotatable bonds is 3. The number of likely N-dealkylation sites (tertiary alicyclic amines) is 1. The van der Waals surface area contributed by atoms with E-state index in [0.29, 0.717) is 0 Å². The number of carbonyl (C=O) groups excluding carboxylic acids is 2. The summed E-state index contributed by atoms with van der Waals surface area (Å²) in [7, 11) is 1.96. The molecule has 0 N–H and O–H groups in total. The Kier molecular flexibility index (Phi) is 3.40. The fraction of sp³-hybridized carbons (Fsp3) is 0.750. The number of ketones is 2. The largest absolute Gasteiger partial charge is 0.306 e. The van der Waals surface area contributed by atoms with Gasteiger partial charge in [0.15, 0.2) is 0 Å². The topological polar surface area (TPSA) is 37.4 Å². The molecule has 4 heteroatoms. The van der Waals surface area contributed by atoms with E-state index in [1.54, 1.807) is 0 Å². The summed E-state index contributed by atoms with van der Waals surface area (Å²) in [6, 6.07) is 0. The highest BCUT2D eigenvalue weighted by atomic mass is 79.9. The number of Topliss-reactive ketones (excluding diaryl/α,β-unsaturated/α-hetero) is 2. The van der Waals surface area contributed by atoms with E-state index >= 15 is 0 Å². The van der Waals surface area contributed by atoms with E-state index in [1.165, 1.54) is 0 Å². The maximum Gasteiger partial charge on any atom is 0.209 e. The lowest BCUT2D eigenvalue weighted by Crippen LogP contribution is -2.26. The van der Waals surface area contributed by atoms with Gasteiger partial charge in [-0.15, -0.1) is 0 Å². The van der Waals surface area contributed by atoms with Crippen molar-refractivity contribution in [3.05, 3.63) is 0 Å². The molecular formula is C8H12BrNO2. The fourth-order valence-electron chi connectivity index (χ4n) is 1.44. The van der Waals surface area contributed by atoms with E-state index in [-0.39, 0.29) is 22.8 Å². The molecule has 0 radical (unpaired) electrons. The predicted octanol–water partition coefficient (Wildman–Crippen LogP) is 0.471. The minimum Gasteiger partial charge on any atom is -0.306 e. The number of nitrogens with zero attached hydrogens (tertiary/aromatic N) is 1. The molecule has 68 valence electrons. The summed E-state index contributed by atoms with van der Waals surface area (Å²) >= 11 is 2.99. The second-order valence-corrected chi connectivity index (χ2v) is 3.73. The van der Waals surface area contributed by atoms with Crippen molar-refractivity contribution in [2.75, 3.05) is 25.5 Å². The van der Waals surface area contributed by atoms with E-state index < -0.39 is 0 Å². The van der Waals surface area contributed by atoms with Gasteiger partial charge in [-0.05, 0) is 20.0 Å². The summed E-state index contributed by atoms with van der Waals surface area (Å²) in [6.45, 7) is 1.66. The van der Waals surface area contributed by atoms with Crippen molar-refractivity contribution in [2.24, 2.45) is 5.92 Å². The summed E-state index contributed by atoms with van der Waals surface area (Å²) in [4.78, 5) is 24.4. The van der Waals surface area contributed by atoms with E-state index in [1.807, 2.05) is 7.05 Å². The molecular weight excluding hydrogens is 222 g/mol. The van der Waals surface area contributed by atoms with Gasteiger partial charge in [0.25, 0.3) is 0 Å². The molecule has 1 saturated heterocycles. The van der Waals surface area contributed by atoms with Gasteiger partial charge >= 0.3 is 0 Å². The number of hydrogen-bond acceptors (Lipinski definition) is 3. The van der Waals surface area contributed by atoms with E-state index in [0.717, 1.165) is 19.5 Å². The van der Waals surface area contributed by atoms with Gasteiger partial charge in [0.1, 0.15) is 0 Å². The van der Waals surface area contributed by atoms with Crippen LogP contribution in [0.3, 0.4) is 0 Å². The van der Waals surface area contributed by atoms with Crippen LogP contribution in [0.2, 0.25) is 0 Å². The summed E-state index contributed by atoms with van der Waals surface area (Å²) in [5.41, 5.74) is 0. The molecule has 12 heavy (non-hydrogen) atoms. The van der Waals surface area contributed by atoms with Gasteiger partial charge in [0.2, 0.25) is 11.6 Å². The summed E-state index contributed by atoms with van der Waals surface area (Å²) < 4.78 is 0. The first-order chi connectivity index (χ1) is 5.65. The van der Waals surface area contributed by atoms with Crippen LogP contribution in [0.1, 0.15) is 6.42 Å². The average molecular weight is 234 g/mol. The van der Waals surface area contributed by atoms with Gasteiger partial charge < -0.3 is 4.90 Å². The first-order valence-electron chi connectivity index (χ1n) is 3.96. The lowest BCUT2D eigenvalue weighted by atomic mass is 10.0. The van der Waals surface area contributed by atoms with Crippen LogP contribution < -0.4 is 0 Å². The van der Waals surface area contributed by atoms with E-state index in [9.17, 15) is 9.59 Å². The van der Waals surface area contributed by atoms with Crippen LogP contribution in [0.5, 0.6) is 0 Å². The van der Waals surface area contributed by atoms with Crippen molar-refractivity contribution < 1.29 is 9.59 Å². The molecule has 0 bridgehead atoms. The van der Waals surface area contributed by atoms with Crippen LogP contribution >= 0.6 is 15.9 Å². The normalized spacial score (nSPS) is 24.3. The maximum atomic E-state index is 11.3. The van der Waals surface area contributed by atoms with Crippen molar-refractivity contribution in [3.8, 4) is 0 Å². The van der Waals surface area contributed by atoms with Crippen LogP contribution in [-0.2, 0) is 9.59 Å². The van der Waals surface area contributed by atoms with Crippen molar-refractivity contribution in [3.63, 3.8) is 0 Å². The van der Waals surface area contributed by atoms with Gasteiger partial charge in [-0.2, -0.15) is 0 Å². The lowest BCUT2D eigenvalue weighted by Gasteiger charge is -2.06. The quantitative estimate of drug-likeness (QED) is 0.526. The Morgan fingerprint density at radius 2 is 2.25 bits per heavy atom. The van der Waals surface area contributed by atoms with Gasteiger partial charge in [-0.1, -0.05) is 15.9 Å². The SMILES string of the molecule is CN1CCC(C(=O)C(=O)CBr)C1. The van der Waals surface area contributed by atoms with Gasteiger partial charge in [0.05, 0.1) is 5.33 Å². The van der Waals surface area contributed by atoms with E-state index in [4.69, 9.17) is 0 Å². The highest BCUT2D eigenvalue weighted by Crippen LogP contribution is 2.15. The zero-order chi connectivity index (χ0) is 9.14. The van der Waals surface area contributed by atoms with Crippen LogP contribution in [-0.4, -0.2) is 41.9 Å². The number of carbonyl (C=O) groups is 2. The second kappa shape index (κ2) is 4.14. The van der Waals surface area contributed by atoms with Gasteiger partial charge in [-0.3, -0.25) is 9.59 Å². The summed E-state index contributed by atoms with van der Waals surface area (Å²) in [5, 5.41) is 0.159. The molecule has 1 fully saturated rings. The van der Waals surface area contributed by atoms with Crippen LogP contribution in [0.25, 0.3) is 0 Å². The number of alkyl halides is 1. The fourth-order valence-corrected chi connectivity index (χ4v) is 1.72. The molecule has 1 unspecified atom stereocenters. The average Bonchev–Trinajstić information content (AvgIpc) is 2.49. The van der Waals surface area contributed by atoms with Crippen molar-refractivity contribution in [1.82, 2.24) is 4.90 Å². The second-order valence-electron chi connectivity index (χ2n) is 3.17. The minimum absolute atomic E-state index is 0.0555. The summed E-state index contributed by atoms with van der Waals surface area (Å²) in [5.74, 6) is -0.563. The zero-order valence-electron chi connectivity index (χ0n) is 7.05. The molecule has 1 aliphatic rings. The number of hydrogen-bond donors (Lipinski definition) is 0. The van der Waals surface area contributed by atoms with E-state index in [2.05, 4.69) is 20.8 Å². The predicted molar refractivity (Wildman–Crippen MR) is 49.4 cm³/mol. The number of halogens is 1. The Balaban J connectivity index is 2.48. The Labute approximate surface area is 80.2 Å². The molecule has 0 saturated carbocycles. The van der Waals surface area contributed by atoms with Crippen molar-refractivity contribution in [1.29, 1.82) is 0 Å². The van der Waals surface area contributed by atoms with Gasteiger partial charge in [0, 0.05) is 12.5 Å². The lowest BCUT2D eigenvalue weighted by molar-refractivity contribution is -0.137. The highest BCUT2D eigenvalue weighted by molar-refractivity contribution is 9.09. The smallest absolute Gasteiger partial charge is 0.209 e. The molecule has 0 amide bonds. The van der Waals surface area contributed by atoms with Crippen molar-refractivity contribution in [2.45, 2.75) is 6.42 Å². The molecule has 0 aromatic heterocycles. The van der Waals surface area contributed by atoms with Crippen LogP contribution in [0.15, 0.2) is 0 Å². The molecule has 0 spiro atoms. The third-order valence-electron chi connectivity index (χ3n) is 2.16.